The fraction of sp³-hybridized carbons (Fsp3) is 0.250. The smallest absolute Gasteiger partial charge is 0.259 e. The minimum Gasteiger partial charge on any atom is -0.336 e. The van der Waals surface area contributed by atoms with E-state index in [0.29, 0.717) is 41.0 Å². The lowest BCUT2D eigenvalue weighted by atomic mass is 10.1. The molecule has 4 rings (SSSR count). The summed E-state index contributed by atoms with van der Waals surface area (Å²) in [7, 11) is 0. The maximum Gasteiger partial charge on any atom is 0.259 e. The highest BCUT2D eigenvalue weighted by molar-refractivity contribution is 6.30. The number of amides is 1. The number of piperazine rings is 1. The zero-order valence-corrected chi connectivity index (χ0v) is 15.6. The minimum absolute atomic E-state index is 0.0264. The van der Waals surface area contributed by atoms with E-state index in [1.54, 1.807) is 18.2 Å². The molecule has 3 aromatic rings. The predicted molar refractivity (Wildman–Crippen MR) is 104 cm³/mol. The second-order valence-corrected chi connectivity index (χ2v) is 7.02. The van der Waals surface area contributed by atoms with Crippen molar-refractivity contribution in [1.82, 2.24) is 20.4 Å². The summed E-state index contributed by atoms with van der Waals surface area (Å²) in [6.07, 6.45) is 0. The third kappa shape index (κ3) is 3.72. The van der Waals surface area contributed by atoms with Crippen LogP contribution in [0.4, 0.5) is 0 Å². The fourth-order valence-corrected chi connectivity index (χ4v) is 3.41. The summed E-state index contributed by atoms with van der Waals surface area (Å²) in [4.78, 5) is 19.4. The van der Waals surface area contributed by atoms with Gasteiger partial charge in [0.05, 0.1) is 11.1 Å². The van der Waals surface area contributed by atoms with E-state index in [1.165, 1.54) is 0 Å². The number of aromatic nitrogens is 2. The first kappa shape index (κ1) is 17.7. The molecular formula is C20H19ClN4O2. The molecule has 2 heterocycles. The summed E-state index contributed by atoms with van der Waals surface area (Å²) in [5.74, 6) is 0.726. The molecule has 0 saturated carbocycles. The highest BCUT2D eigenvalue weighted by Crippen LogP contribution is 2.27. The van der Waals surface area contributed by atoms with Gasteiger partial charge in [-0.15, -0.1) is 0 Å². The topological polar surface area (TPSA) is 71.3 Å². The van der Waals surface area contributed by atoms with Crippen molar-refractivity contribution >= 4 is 17.5 Å². The Kier molecular flexibility index (Phi) is 4.92. The monoisotopic (exact) mass is 382 g/mol. The third-order valence-electron chi connectivity index (χ3n) is 4.55. The molecule has 1 fully saturated rings. The van der Waals surface area contributed by atoms with Crippen molar-refractivity contribution in [3.8, 4) is 22.8 Å². The molecule has 138 valence electrons. The van der Waals surface area contributed by atoms with Crippen LogP contribution in [0.2, 0.25) is 5.02 Å². The van der Waals surface area contributed by atoms with Crippen LogP contribution in [-0.4, -0.2) is 46.6 Å². The average molecular weight is 383 g/mol. The van der Waals surface area contributed by atoms with Crippen LogP contribution in [0, 0.1) is 0 Å². The van der Waals surface area contributed by atoms with Gasteiger partial charge < -0.3 is 14.7 Å². The van der Waals surface area contributed by atoms with E-state index in [9.17, 15) is 4.79 Å². The van der Waals surface area contributed by atoms with Gasteiger partial charge in [-0.1, -0.05) is 41.0 Å². The highest BCUT2D eigenvalue weighted by Gasteiger charge is 2.25. The van der Waals surface area contributed by atoms with Crippen LogP contribution < -0.4 is 5.32 Å². The summed E-state index contributed by atoms with van der Waals surface area (Å²) in [6.45, 7) is 4.20. The van der Waals surface area contributed by atoms with Crippen LogP contribution in [0.25, 0.3) is 22.8 Å². The van der Waals surface area contributed by atoms with E-state index < -0.39 is 0 Å². The molecule has 0 aliphatic carbocycles. The van der Waals surface area contributed by atoms with Crippen LogP contribution in [-0.2, 0) is 0 Å². The molecule has 1 aromatic heterocycles. The number of rotatable bonds is 3. The van der Waals surface area contributed by atoms with Crippen LogP contribution in [0.1, 0.15) is 17.3 Å². The molecule has 1 aliphatic rings. The first-order valence-electron chi connectivity index (χ1n) is 8.83. The molecule has 1 N–H and O–H groups in total. The van der Waals surface area contributed by atoms with Gasteiger partial charge in [-0.2, -0.15) is 4.98 Å². The zero-order valence-electron chi connectivity index (χ0n) is 14.9. The summed E-state index contributed by atoms with van der Waals surface area (Å²) >= 11 is 6.04. The van der Waals surface area contributed by atoms with Crippen molar-refractivity contribution in [3.05, 3.63) is 59.1 Å². The molecule has 6 nitrogen and oxygen atoms in total. The molecule has 0 radical (unpaired) electrons. The van der Waals surface area contributed by atoms with E-state index in [4.69, 9.17) is 16.1 Å². The molecule has 1 atom stereocenters. The third-order valence-corrected chi connectivity index (χ3v) is 4.79. The Hall–Kier alpha value is -2.70. The molecule has 2 aromatic carbocycles. The van der Waals surface area contributed by atoms with E-state index in [-0.39, 0.29) is 11.9 Å². The number of hydrogen-bond donors (Lipinski definition) is 1. The molecular weight excluding hydrogens is 364 g/mol. The lowest BCUT2D eigenvalue weighted by Crippen LogP contribution is -2.51. The van der Waals surface area contributed by atoms with Crippen LogP contribution in [0.5, 0.6) is 0 Å². The lowest BCUT2D eigenvalue weighted by Gasteiger charge is -2.32. The quantitative estimate of drug-likeness (QED) is 0.750. The second kappa shape index (κ2) is 7.50. The molecule has 1 amide bonds. The standard InChI is InChI=1S/C20H19ClN4O2/c1-13-12-25(10-9-22-13)20(26)17-8-3-2-7-16(17)19-23-18(24-27-19)14-5-4-6-15(21)11-14/h2-8,11,13,22H,9-10,12H2,1H3. The van der Waals surface area contributed by atoms with Gasteiger partial charge in [-0.05, 0) is 31.2 Å². The summed E-state index contributed by atoms with van der Waals surface area (Å²) in [6, 6.07) is 14.8. The number of benzene rings is 2. The Labute approximate surface area is 162 Å². The number of halogens is 1. The van der Waals surface area contributed by atoms with E-state index in [0.717, 1.165) is 12.1 Å². The van der Waals surface area contributed by atoms with Gasteiger partial charge in [0.25, 0.3) is 11.8 Å². The van der Waals surface area contributed by atoms with E-state index in [2.05, 4.69) is 22.4 Å². The number of carbonyl (C=O) groups excluding carboxylic acids is 1. The van der Waals surface area contributed by atoms with Gasteiger partial charge in [0.1, 0.15) is 0 Å². The van der Waals surface area contributed by atoms with Gasteiger partial charge in [-0.3, -0.25) is 4.79 Å². The molecule has 0 bridgehead atoms. The number of hydrogen-bond acceptors (Lipinski definition) is 5. The average Bonchev–Trinajstić information content (AvgIpc) is 3.17. The fourth-order valence-electron chi connectivity index (χ4n) is 3.22. The first-order chi connectivity index (χ1) is 13.1. The van der Waals surface area contributed by atoms with E-state index >= 15 is 0 Å². The van der Waals surface area contributed by atoms with Gasteiger partial charge in [-0.25, -0.2) is 0 Å². The Bertz CT molecular complexity index is 972. The van der Waals surface area contributed by atoms with Crippen molar-refractivity contribution in [2.45, 2.75) is 13.0 Å². The highest BCUT2D eigenvalue weighted by atomic mass is 35.5. The van der Waals surface area contributed by atoms with Crippen molar-refractivity contribution in [3.63, 3.8) is 0 Å². The Morgan fingerprint density at radius 1 is 1.26 bits per heavy atom. The Morgan fingerprint density at radius 3 is 2.93 bits per heavy atom. The maximum absolute atomic E-state index is 13.1. The summed E-state index contributed by atoms with van der Waals surface area (Å²) in [5, 5.41) is 7.99. The lowest BCUT2D eigenvalue weighted by molar-refractivity contribution is 0.0709. The zero-order chi connectivity index (χ0) is 18.8. The molecule has 27 heavy (non-hydrogen) atoms. The number of nitrogens with one attached hydrogen (secondary N) is 1. The van der Waals surface area contributed by atoms with Crippen LogP contribution >= 0.6 is 11.6 Å². The maximum atomic E-state index is 13.1. The number of carbonyl (C=O) groups is 1. The van der Waals surface area contributed by atoms with Gasteiger partial charge >= 0.3 is 0 Å². The molecule has 1 saturated heterocycles. The van der Waals surface area contributed by atoms with Crippen LogP contribution in [0.3, 0.4) is 0 Å². The minimum atomic E-state index is -0.0264. The van der Waals surface area contributed by atoms with Crippen molar-refractivity contribution < 1.29 is 9.32 Å². The molecule has 1 aliphatic heterocycles. The Morgan fingerprint density at radius 2 is 2.11 bits per heavy atom. The normalized spacial score (nSPS) is 17.1. The van der Waals surface area contributed by atoms with E-state index in [1.807, 2.05) is 35.2 Å². The molecule has 7 heteroatoms. The largest absolute Gasteiger partial charge is 0.336 e. The molecule has 1 unspecified atom stereocenters. The number of nitrogens with zero attached hydrogens (tertiary/aromatic N) is 3. The van der Waals surface area contributed by atoms with Crippen molar-refractivity contribution in [1.29, 1.82) is 0 Å². The van der Waals surface area contributed by atoms with Gasteiger partial charge in [0.15, 0.2) is 0 Å². The second-order valence-electron chi connectivity index (χ2n) is 6.59. The Balaban J connectivity index is 1.66. The van der Waals surface area contributed by atoms with Crippen LogP contribution in [0.15, 0.2) is 53.1 Å². The molecule has 0 spiro atoms. The SMILES string of the molecule is CC1CN(C(=O)c2ccccc2-c2nc(-c3cccc(Cl)c3)no2)CCN1. The van der Waals surface area contributed by atoms with Gasteiger partial charge in [0.2, 0.25) is 5.82 Å². The summed E-state index contributed by atoms with van der Waals surface area (Å²) in [5.41, 5.74) is 1.96. The van der Waals surface area contributed by atoms with Gasteiger partial charge in [0, 0.05) is 36.3 Å². The first-order valence-corrected chi connectivity index (χ1v) is 9.21. The van der Waals surface area contributed by atoms with Crippen molar-refractivity contribution in [2.24, 2.45) is 0 Å². The summed E-state index contributed by atoms with van der Waals surface area (Å²) < 4.78 is 5.46. The van der Waals surface area contributed by atoms with Crippen molar-refractivity contribution in [2.75, 3.05) is 19.6 Å². The predicted octanol–water partition coefficient (Wildman–Crippen LogP) is 3.49.